The average Bonchev–Trinajstić information content (AvgIpc) is 2.75. The van der Waals surface area contributed by atoms with E-state index in [9.17, 15) is 30.6 Å². The number of hydrogen-bond acceptors (Lipinski definition) is 14. The molecule has 3 aliphatic rings. The summed E-state index contributed by atoms with van der Waals surface area (Å²) in [6.07, 6.45) is -11.2. The van der Waals surface area contributed by atoms with Gasteiger partial charge < -0.3 is 72.1 Å². The van der Waals surface area contributed by atoms with Gasteiger partial charge in [0.1, 0.15) is 48.3 Å². The van der Waals surface area contributed by atoms with Crippen molar-refractivity contribution < 1.29 is 49.6 Å². The van der Waals surface area contributed by atoms with Crippen LogP contribution in [0.1, 0.15) is 13.3 Å². The van der Waals surface area contributed by atoms with E-state index < -0.39 is 91.7 Å². The van der Waals surface area contributed by atoms with E-state index in [0.717, 1.165) is 0 Å². The highest BCUT2D eigenvalue weighted by atomic mass is 16.7. The van der Waals surface area contributed by atoms with Crippen LogP contribution in [0.4, 0.5) is 0 Å². The molecular formula is C19H38N4O10. The highest BCUT2D eigenvalue weighted by Crippen LogP contribution is 2.31. The predicted octanol–water partition coefficient (Wildman–Crippen LogP) is -6.00. The Labute approximate surface area is 191 Å². The van der Waals surface area contributed by atoms with Crippen LogP contribution < -0.4 is 22.5 Å². The van der Waals surface area contributed by atoms with Crippen molar-refractivity contribution in [3.8, 4) is 0 Å². The van der Waals surface area contributed by atoms with Crippen molar-refractivity contribution in [1.29, 1.82) is 0 Å². The zero-order chi connectivity index (χ0) is 24.7. The molecular weight excluding hydrogens is 444 g/mol. The fourth-order valence-corrected chi connectivity index (χ4v) is 4.74. The summed E-state index contributed by atoms with van der Waals surface area (Å²) in [4.78, 5) is 0. The summed E-state index contributed by atoms with van der Waals surface area (Å²) in [6.45, 7) is 0.787. The van der Waals surface area contributed by atoms with Crippen molar-refractivity contribution in [2.75, 3.05) is 20.3 Å². The highest BCUT2D eigenvalue weighted by Gasteiger charge is 2.52. The third-order valence-electron chi connectivity index (χ3n) is 6.71. The number of rotatable bonds is 6. The lowest BCUT2D eigenvalue weighted by Crippen LogP contribution is -2.69. The number of nitrogens with two attached hydrogens (primary N) is 3. The maximum Gasteiger partial charge on any atom is 0.185 e. The van der Waals surface area contributed by atoms with Crippen LogP contribution in [-0.2, 0) is 18.9 Å². The average molecular weight is 483 g/mol. The van der Waals surface area contributed by atoms with E-state index in [0.29, 0.717) is 0 Å². The number of likely N-dealkylation sites (N-methyl/N-ethyl adjacent to an activating group) is 1. The SMILES string of the molecule is CN[C@@H]1[C@@H](O)[C@@H](O[C@@H]2[C@@H](O)[C@H](O[C@@H]3O[C@H](CO)[C@@H](O)[C@H](O)[C@H]3N)[C@@H](N)C[C@H]2N)OC[C@]1(C)O. The Balaban J connectivity index is 1.71. The standard InChI is InChI=1S/C19H38N4O10/c1-19(29)5-30-18(13(28)16(19)23-2)33-15-7(21)3-6(20)14(12(15)27)32-17-9(22)11(26)10(25)8(4-24)31-17/h6-18,23-29H,3-5,20-22H2,1-2H3/t6-,7+,8+,9+,10+,11+,12-,13+,14+,15-,16+,17-,18+,19-/m0/s1. The van der Waals surface area contributed by atoms with Crippen molar-refractivity contribution in [2.45, 2.75) is 98.4 Å². The first-order chi connectivity index (χ1) is 15.4. The van der Waals surface area contributed by atoms with Crippen LogP contribution in [0.2, 0.25) is 0 Å². The first-order valence-electron chi connectivity index (χ1n) is 11.0. The minimum absolute atomic E-state index is 0.134. The van der Waals surface area contributed by atoms with Gasteiger partial charge in [0, 0.05) is 12.1 Å². The number of nitrogens with one attached hydrogen (secondary N) is 1. The molecule has 2 heterocycles. The van der Waals surface area contributed by atoms with Crippen LogP contribution in [0, 0.1) is 0 Å². The third-order valence-corrected chi connectivity index (χ3v) is 6.71. The summed E-state index contributed by atoms with van der Waals surface area (Å²) in [5, 5.41) is 64.4. The monoisotopic (exact) mass is 482 g/mol. The summed E-state index contributed by atoms with van der Waals surface area (Å²) in [6, 6.07) is -3.44. The number of aliphatic hydroxyl groups excluding tert-OH is 5. The summed E-state index contributed by atoms with van der Waals surface area (Å²) in [5.41, 5.74) is 16.9. The van der Waals surface area contributed by atoms with E-state index >= 15 is 0 Å². The Hall–Kier alpha value is -0.560. The zero-order valence-corrected chi connectivity index (χ0v) is 18.7. The number of aliphatic hydroxyl groups is 6. The summed E-state index contributed by atoms with van der Waals surface area (Å²) >= 11 is 0. The van der Waals surface area contributed by atoms with Crippen molar-refractivity contribution in [3.05, 3.63) is 0 Å². The molecule has 0 aromatic rings. The van der Waals surface area contributed by atoms with Crippen molar-refractivity contribution in [1.82, 2.24) is 5.32 Å². The quantitative estimate of drug-likeness (QED) is 0.169. The predicted molar refractivity (Wildman–Crippen MR) is 111 cm³/mol. The highest BCUT2D eigenvalue weighted by molar-refractivity contribution is 5.02. The van der Waals surface area contributed by atoms with E-state index in [1.807, 2.05) is 0 Å². The van der Waals surface area contributed by atoms with E-state index in [2.05, 4.69) is 5.32 Å². The van der Waals surface area contributed by atoms with Crippen LogP contribution >= 0.6 is 0 Å². The molecule has 13 N–H and O–H groups in total. The molecule has 0 unspecified atom stereocenters. The molecule has 0 bridgehead atoms. The van der Waals surface area contributed by atoms with Gasteiger partial charge in [0.05, 0.1) is 25.3 Å². The molecule has 0 spiro atoms. The van der Waals surface area contributed by atoms with Crippen molar-refractivity contribution >= 4 is 0 Å². The van der Waals surface area contributed by atoms with Gasteiger partial charge in [-0.3, -0.25) is 0 Å². The Bertz CT molecular complexity index is 646. The Morgan fingerprint density at radius 3 is 2.06 bits per heavy atom. The molecule has 14 nitrogen and oxygen atoms in total. The first-order valence-corrected chi connectivity index (χ1v) is 11.0. The molecule has 0 amide bonds. The summed E-state index contributed by atoms with van der Waals surface area (Å²) in [5.74, 6) is 0. The fraction of sp³-hybridized carbons (Fsp3) is 1.00. The molecule has 2 saturated heterocycles. The molecule has 0 radical (unpaired) electrons. The van der Waals surface area contributed by atoms with E-state index in [1.54, 1.807) is 7.05 Å². The van der Waals surface area contributed by atoms with E-state index in [-0.39, 0.29) is 13.0 Å². The molecule has 3 fully saturated rings. The molecule has 3 rings (SSSR count). The van der Waals surface area contributed by atoms with Gasteiger partial charge in [0.25, 0.3) is 0 Å². The van der Waals surface area contributed by atoms with Gasteiger partial charge in [0.2, 0.25) is 0 Å². The van der Waals surface area contributed by atoms with Gasteiger partial charge in [-0.15, -0.1) is 0 Å². The molecule has 0 aromatic heterocycles. The van der Waals surface area contributed by atoms with Crippen LogP contribution in [0.3, 0.4) is 0 Å². The molecule has 2 aliphatic heterocycles. The zero-order valence-electron chi connectivity index (χ0n) is 18.7. The maximum atomic E-state index is 11.0. The van der Waals surface area contributed by atoms with E-state index in [4.69, 9.17) is 36.1 Å². The molecule has 1 saturated carbocycles. The van der Waals surface area contributed by atoms with Gasteiger partial charge >= 0.3 is 0 Å². The van der Waals surface area contributed by atoms with Gasteiger partial charge in [-0.25, -0.2) is 0 Å². The Morgan fingerprint density at radius 2 is 1.52 bits per heavy atom. The second kappa shape index (κ2) is 10.6. The smallest absolute Gasteiger partial charge is 0.185 e. The second-order valence-electron chi connectivity index (χ2n) is 9.33. The lowest BCUT2D eigenvalue weighted by Gasteiger charge is -2.49. The van der Waals surface area contributed by atoms with Gasteiger partial charge in [-0.1, -0.05) is 0 Å². The molecule has 33 heavy (non-hydrogen) atoms. The van der Waals surface area contributed by atoms with E-state index in [1.165, 1.54) is 6.92 Å². The number of hydrogen-bond donors (Lipinski definition) is 10. The van der Waals surface area contributed by atoms with Crippen LogP contribution in [-0.4, -0.2) is 136 Å². The number of ether oxygens (including phenoxy) is 4. The van der Waals surface area contributed by atoms with Crippen molar-refractivity contribution in [2.24, 2.45) is 17.2 Å². The Morgan fingerprint density at radius 1 is 0.939 bits per heavy atom. The lowest BCUT2D eigenvalue weighted by molar-refractivity contribution is -0.316. The molecule has 0 aromatic carbocycles. The molecule has 14 atom stereocenters. The molecule has 194 valence electrons. The second-order valence-corrected chi connectivity index (χ2v) is 9.33. The van der Waals surface area contributed by atoms with Gasteiger partial charge in [0.15, 0.2) is 12.6 Å². The van der Waals surface area contributed by atoms with Gasteiger partial charge in [-0.2, -0.15) is 0 Å². The fourth-order valence-electron chi connectivity index (χ4n) is 4.74. The van der Waals surface area contributed by atoms with Crippen LogP contribution in [0.15, 0.2) is 0 Å². The Kier molecular flexibility index (Phi) is 8.68. The summed E-state index contributed by atoms with van der Waals surface area (Å²) < 4.78 is 22.6. The minimum Gasteiger partial charge on any atom is -0.394 e. The lowest BCUT2D eigenvalue weighted by atomic mass is 9.84. The normalized spacial score (nSPS) is 53.7. The molecule has 14 heteroatoms. The third kappa shape index (κ3) is 5.34. The topological polar surface area (TPSA) is 248 Å². The van der Waals surface area contributed by atoms with Gasteiger partial charge in [-0.05, 0) is 20.4 Å². The summed E-state index contributed by atoms with van der Waals surface area (Å²) in [7, 11) is 1.58. The van der Waals surface area contributed by atoms with Crippen LogP contribution in [0.25, 0.3) is 0 Å². The van der Waals surface area contributed by atoms with Crippen molar-refractivity contribution in [3.63, 3.8) is 0 Å². The largest absolute Gasteiger partial charge is 0.394 e. The maximum absolute atomic E-state index is 11.0. The molecule has 1 aliphatic carbocycles. The first kappa shape index (κ1) is 27.0. The minimum atomic E-state index is -1.44. The van der Waals surface area contributed by atoms with Crippen LogP contribution in [0.5, 0.6) is 0 Å².